The number of aromatic amines is 1. The van der Waals surface area contributed by atoms with Crippen LogP contribution < -0.4 is 0 Å². The van der Waals surface area contributed by atoms with Crippen molar-refractivity contribution in [2.24, 2.45) is 5.92 Å². The summed E-state index contributed by atoms with van der Waals surface area (Å²) in [4.78, 5) is 21.9. The Bertz CT molecular complexity index is 414. The molecule has 0 aromatic carbocycles. The third kappa shape index (κ3) is 5.44. The van der Waals surface area contributed by atoms with E-state index in [9.17, 15) is 4.79 Å². The van der Waals surface area contributed by atoms with E-state index in [1.54, 1.807) is 12.4 Å². The molecule has 5 nitrogen and oxygen atoms in total. The van der Waals surface area contributed by atoms with Gasteiger partial charge in [-0.05, 0) is 12.8 Å². The number of H-pyrrole nitrogens is 1. The number of amides is 1. The van der Waals surface area contributed by atoms with Crippen molar-refractivity contribution in [2.75, 3.05) is 19.8 Å². The predicted molar refractivity (Wildman–Crippen MR) is 86.3 cm³/mol. The van der Waals surface area contributed by atoms with Gasteiger partial charge in [0.1, 0.15) is 5.82 Å². The highest BCUT2D eigenvalue weighted by molar-refractivity contribution is 5.79. The molecule has 0 aliphatic carbocycles. The molecule has 1 aromatic rings. The molecule has 1 fully saturated rings. The van der Waals surface area contributed by atoms with Gasteiger partial charge in [0, 0.05) is 25.5 Å². The summed E-state index contributed by atoms with van der Waals surface area (Å²) in [6.07, 6.45) is 11.8. The maximum absolute atomic E-state index is 12.6. The third-order valence-corrected chi connectivity index (χ3v) is 4.27. The van der Waals surface area contributed by atoms with Crippen molar-refractivity contribution in [1.82, 2.24) is 14.9 Å². The molecule has 0 saturated carbocycles. The number of carbonyl (C=O) groups is 1. The van der Waals surface area contributed by atoms with Crippen molar-refractivity contribution in [1.29, 1.82) is 0 Å². The number of aromatic nitrogens is 2. The molecule has 1 amide bonds. The summed E-state index contributed by atoms with van der Waals surface area (Å²) < 4.78 is 5.36. The van der Waals surface area contributed by atoms with E-state index in [2.05, 4.69) is 16.9 Å². The van der Waals surface area contributed by atoms with Gasteiger partial charge in [-0.25, -0.2) is 4.98 Å². The molecular weight excluding hydrogens is 278 g/mol. The lowest BCUT2D eigenvalue weighted by molar-refractivity contribution is -0.136. The van der Waals surface area contributed by atoms with Gasteiger partial charge in [0.2, 0.25) is 5.91 Å². The van der Waals surface area contributed by atoms with Crippen LogP contribution in [0, 0.1) is 5.92 Å². The highest BCUT2D eigenvalue weighted by Gasteiger charge is 2.28. The molecule has 2 rings (SSSR count). The average Bonchev–Trinajstić information content (AvgIpc) is 3.21. The quantitative estimate of drug-likeness (QED) is 0.676. The minimum atomic E-state index is 0.0371. The number of nitrogens with zero attached hydrogens (tertiary/aromatic N) is 2. The second-order valence-corrected chi connectivity index (χ2v) is 6.12. The van der Waals surface area contributed by atoms with Crippen molar-refractivity contribution in [2.45, 2.75) is 58.4 Å². The van der Waals surface area contributed by atoms with E-state index in [0.717, 1.165) is 25.2 Å². The lowest BCUT2D eigenvalue weighted by Gasteiger charge is -2.24. The SMILES string of the molecule is CCCCCCCCN(Cc1ncc[nH]1)C(=O)C1CCOC1. The smallest absolute Gasteiger partial charge is 0.228 e. The molecule has 1 unspecified atom stereocenters. The summed E-state index contributed by atoms with van der Waals surface area (Å²) in [7, 11) is 0. The van der Waals surface area contributed by atoms with Crippen molar-refractivity contribution in [3.8, 4) is 0 Å². The molecule has 1 saturated heterocycles. The summed E-state index contributed by atoms with van der Waals surface area (Å²) in [6.45, 7) is 4.92. The third-order valence-electron chi connectivity index (χ3n) is 4.27. The summed E-state index contributed by atoms with van der Waals surface area (Å²) in [6, 6.07) is 0. The number of nitrogens with one attached hydrogen (secondary N) is 1. The molecule has 1 aliphatic heterocycles. The lowest BCUT2D eigenvalue weighted by atomic mass is 10.1. The maximum atomic E-state index is 12.6. The lowest BCUT2D eigenvalue weighted by Crippen LogP contribution is -2.37. The molecular formula is C17H29N3O2. The minimum Gasteiger partial charge on any atom is -0.381 e. The van der Waals surface area contributed by atoms with Crippen LogP contribution in [-0.4, -0.2) is 40.5 Å². The number of unbranched alkanes of at least 4 members (excludes halogenated alkanes) is 5. The first-order valence-corrected chi connectivity index (χ1v) is 8.66. The van der Waals surface area contributed by atoms with E-state index in [0.29, 0.717) is 19.8 Å². The highest BCUT2D eigenvalue weighted by Crippen LogP contribution is 2.17. The van der Waals surface area contributed by atoms with E-state index in [1.807, 2.05) is 4.90 Å². The second kappa shape index (κ2) is 9.62. The Hall–Kier alpha value is -1.36. The van der Waals surface area contributed by atoms with Gasteiger partial charge in [-0.2, -0.15) is 0 Å². The van der Waals surface area contributed by atoms with E-state index in [1.165, 1.54) is 32.1 Å². The Morgan fingerprint density at radius 1 is 1.36 bits per heavy atom. The van der Waals surface area contributed by atoms with Crippen LogP contribution in [0.1, 0.15) is 57.7 Å². The van der Waals surface area contributed by atoms with Crippen LogP contribution in [0.3, 0.4) is 0 Å². The molecule has 1 atom stereocenters. The van der Waals surface area contributed by atoms with Crippen LogP contribution in [-0.2, 0) is 16.1 Å². The molecule has 124 valence electrons. The zero-order chi connectivity index (χ0) is 15.6. The van der Waals surface area contributed by atoms with Gasteiger partial charge >= 0.3 is 0 Å². The van der Waals surface area contributed by atoms with Crippen LogP contribution in [0.5, 0.6) is 0 Å². The topological polar surface area (TPSA) is 58.2 Å². The van der Waals surface area contributed by atoms with Gasteiger partial charge in [-0.15, -0.1) is 0 Å². The first-order chi connectivity index (χ1) is 10.8. The van der Waals surface area contributed by atoms with Crippen molar-refractivity contribution in [3.63, 3.8) is 0 Å². The number of hydrogen-bond donors (Lipinski definition) is 1. The molecule has 1 aliphatic rings. The Balaban J connectivity index is 1.80. The number of imidazole rings is 1. The molecule has 2 heterocycles. The second-order valence-electron chi connectivity index (χ2n) is 6.12. The number of rotatable bonds is 10. The fourth-order valence-corrected chi connectivity index (χ4v) is 2.90. The van der Waals surface area contributed by atoms with Gasteiger partial charge in [0.05, 0.1) is 19.1 Å². The first kappa shape index (κ1) is 17.0. The van der Waals surface area contributed by atoms with Crippen molar-refractivity contribution >= 4 is 5.91 Å². The predicted octanol–water partition coefficient (Wildman–Crippen LogP) is 3.14. The molecule has 0 spiro atoms. The fraction of sp³-hybridized carbons (Fsp3) is 0.765. The normalized spacial score (nSPS) is 17.8. The van der Waals surface area contributed by atoms with Crippen LogP contribution in [0.2, 0.25) is 0 Å². The number of carbonyl (C=O) groups excluding carboxylic acids is 1. The fourth-order valence-electron chi connectivity index (χ4n) is 2.90. The van der Waals surface area contributed by atoms with E-state index < -0.39 is 0 Å². The Labute approximate surface area is 133 Å². The van der Waals surface area contributed by atoms with E-state index in [4.69, 9.17) is 4.74 Å². The van der Waals surface area contributed by atoms with Gasteiger partial charge in [0.15, 0.2) is 0 Å². The van der Waals surface area contributed by atoms with Crippen LogP contribution in [0.4, 0.5) is 0 Å². The molecule has 0 bridgehead atoms. The zero-order valence-electron chi connectivity index (χ0n) is 13.7. The van der Waals surface area contributed by atoms with E-state index in [-0.39, 0.29) is 11.8 Å². The Kier molecular flexibility index (Phi) is 7.43. The molecule has 1 N–H and O–H groups in total. The summed E-state index contributed by atoms with van der Waals surface area (Å²) >= 11 is 0. The van der Waals surface area contributed by atoms with Crippen LogP contribution in [0.25, 0.3) is 0 Å². The zero-order valence-corrected chi connectivity index (χ0v) is 13.7. The van der Waals surface area contributed by atoms with Gasteiger partial charge in [-0.3, -0.25) is 4.79 Å². The summed E-state index contributed by atoms with van der Waals surface area (Å²) in [5, 5.41) is 0. The Morgan fingerprint density at radius 3 is 2.86 bits per heavy atom. The van der Waals surface area contributed by atoms with Crippen LogP contribution >= 0.6 is 0 Å². The monoisotopic (exact) mass is 307 g/mol. The average molecular weight is 307 g/mol. The summed E-state index contributed by atoms with van der Waals surface area (Å²) in [5.41, 5.74) is 0. The highest BCUT2D eigenvalue weighted by atomic mass is 16.5. The van der Waals surface area contributed by atoms with Gasteiger partial charge in [-0.1, -0.05) is 39.0 Å². The van der Waals surface area contributed by atoms with Gasteiger partial charge in [0.25, 0.3) is 0 Å². The first-order valence-electron chi connectivity index (χ1n) is 8.66. The standard InChI is InChI=1S/C17H29N3O2/c1-2-3-4-5-6-7-11-20(13-16-18-9-10-19-16)17(21)15-8-12-22-14-15/h9-10,15H,2-8,11-14H2,1H3,(H,18,19). The molecule has 1 aromatic heterocycles. The van der Waals surface area contributed by atoms with E-state index >= 15 is 0 Å². The number of hydrogen-bond acceptors (Lipinski definition) is 3. The maximum Gasteiger partial charge on any atom is 0.228 e. The van der Waals surface area contributed by atoms with Gasteiger partial charge < -0.3 is 14.6 Å². The molecule has 5 heteroatoms. The minimum absolute atomic E-state index is 0.0371. The number of ether oxygens (including phenoxy) is 1. The molecule has 0 radical (unpaired) electrons. The molecule has 22 heavy (non-hydrogen) atoms. The van der Waals surface area contributed by atoms with Crippen molar-refractivity contribution in [3.05, 3.63) is 18.2 Å². The summed E-state index contributed by atoms with van der Waals surface area (Å²) in [5.74, 6) is 1.12. The largest absolute Gasteiger partial charge is 0.381 e. The van der Waals surface area contributed by atoms with Crippen LogP contribution in [0.15, 0.2) is 12.4 Å². The van der Waals surface area contributed by atoms with Crippen molar-refractivity contribution < 1.29 is 9.53 Å². The Morgan fingerprint density at radius 2 is 2.18 bits per heavy atom.